The maximum atomic E-state index is 11.4. The minimum Gasteiger partial charge on any atom is -0.373 e. The Morgan fingerprint density at radius 3 is 3.00 bits per heavy atom. The van der Waals surface area contributed by atoms with E-state index in [-0.39, 0.29) is 5.78 Å². The number of nitrogens with zero attached hydrogens (tertiary/aromatic N) is 1. The molecule has 0 aromatic carbocycles. The standard InChI is InChI=1S/C12H17NO/c1-8-5-4-6-10-11(9(2)14)7-13(3)12(8)10/h7,10,12H,1,4-6H2,2-3H3. The Morgan fingerprint density at radius 1 is 1.64 bits per heavy atom. The molecule has 0 saturated heterocycles. The fourth-order valence-corrected chi connectivity index (χ4v) is 2.78. The Morgan fingerprint density at radius 2 is 2.36 bits per heavy atom. The number of carbonyl (C=O) groups excluding carboxylic acids is 1. The van der Waals surface area contributed by atoms with Crippen molar-refractivity contribution in [3.05, 3.63) is 23.9 Å². The number of hydrogen-bond acceptors (Lipinski definition) is 2. The van der Waals surface area contributed by atoms with Crippen LogP contribution in [0.4, 0.5) is 0 Å². The Bertz CT molecular complexity index is 316. The number of ketones is 1. The normalized spacial score (nSPS) is 31.4. The highest BCUT2D eigenvalue weighted by atomic mass is 16.1. The van der Waals surface area contributed by atoms with Crippen molar-refractivity contribution >= 4 is 5.78 Å². The van der Waals surface area contributed by atoms with Crippen molar-refractivity contribution in [1.29, 1.82) is 0 Å². The first-order valence-electron chi connectivity index (χ1n) is 5.23. The van der Waals surface area contributed by atoms with Crippen molar-refractivity contribution in [3.8, 4) is 0 Å². The molecule has 76 valence electrons. The highest BCUT2D eigenvalue weighted by molar-refractivity contribution is 5.94. The van der Waals surface area contributed by atoms with Crippen molar-refractivity contribution in [3.63, 3.8) is 0 Å². The van der Waals surface area contributed by atoms with Gasteiger partial charge in [-0.05, 0) is 26.2 Å². The van der Waals surface area contributed by atoms with E-state index in [4.69, 9.17) is 0 Å². The lowest BCUT2D eigenvalue weighted by atomic mass is 9.78. The lowest BCUT2D eigenvalue weighted by Gasteiger charge is -2.33. The Hall–Kier alpha value is -1.05. The van der Waals surface area contributed by atoms with Gasteiger partial charge in [0.05, 0.1) is 6.04 Å². The molecule has 0 spiro atoms. The van der Waals surface area contributed by atoms with Crippen molar-refractivity contribution in [1.82, 2.24) is 4.90 Å². The first-order chi connectivity index (χ1) is 6.61. The van der Waals surface area contributed by atoms with Gasteiger partial charge in [0.2, 0.25) is 0 Å². The van der Waals surface area contributed by atoms with Gasteiger partial charge < -0.3 is 4.90 Å². The SMILES string of the molecule is C=C1CCCC2C(C(C)=O)=CN(C)C12. The molecule has 0 amide bonds. The van der Waals surface area contributed by atoms with E-state index in [0.717, 1.165) is 18.4 Å². The van der Waals surface area contributed by atoms with Crippen LogP contribution in [-0.4, -0.2) is 23.8 Å². The summed E-state index contributed by atoms with van der Waals surface area (Å²) in [6, 6.07) is 0.391. The maximum Gasteiger partial charge on any atom is 0.157 e. The van der Waals surface area contributed by atoms with E-state index in [0.29, 0.717) is 12.0 Å². The largest absolute Gasteiger partial charge is 0.373 e. The van der Waals surface area contributed by atoms with E-state index in [1.807, 2.05) is 13.2 Å². The summed E-state index contributed by atoms with van der Waals surface area (Å²) in [5.74, 6) is 0.637. The molecule has 14 heavy (non-hydrogen) atoms. The molecule has 1 heterocycles. The zero-order chi connectivity index (χ0) is 10.3. The second-order valence-corrected chi connectivity index (χ2v) is 4.41. The van der Waals surface area contributed by atoms with Crippen LogP contribution in [0.3, 0.4) is 0 Å². The zero-order valence-corrected chi connectivity index (χ0v) is 8.92. The van der Waals surface area contributed by atoms with Crippen LogP contribution in [0.15, 0.2) is 23.9 Å². The molecule has 2 rings (SSSR count). The quantitative estimate of drug-likeness (QED) is 0.592. The van der Waals surface area contributed by atoms with E-state index in [1.54, 1.807) is 6.92 Å². The molecule has 0 aromatic rings. The Labute approximate surface area is 85.3 Å². The maximum absolute atomic E-state index is 11.4. The Balaban J connectivity index is 2.29. The molecule has 2 nitrogen and oxygen atoms in total. The van der Waals surface area contributed by atoms with E-state index in [1.165, 1.54) is 12.0 Å². The van der Waals surface area contributed by atoms with Gasteiger partial charge in [0, 0.05) is 24.7 Å². The van der Waals surface area contributed by atoms with Gasteiger partial charge in [-0.25, -0.2) is 0 Å². The van der Waals surface area contributed by atoms with Gasteiger partial charge in [0.15, 0.2) is 5.78 Å². The summed E-state index contributed by atoms with van der Waals surface area (Å²) in [7, 11) is 2.05. The third-order valence-corrected chi connectivity index (χ3v) is 3.40. The summed E-state index contributed by atoms with van der Waals surface area (Å²) in [5, 5.41) is 0. The van der Waals surface area contributed by atoms with Crippen LogP contribution in [0.25, 0.3) is 0 Å². The van der Waals surface area contributed by atoms with Gasteiger partial charge in [-0.1, -0.05) is 12.2 Å². The molecular formula is C12H17NO. The average molecular weight is 191 g/mol. The number of rotatable bonds is 1. The number of fused-ring (bicyclic) bond motifs is 1. The molecule has 2 heteroatoms. The van der Waals surface area contributed by atoms with Crippen LogP contribution >= 0.6 is 0 Å². The predicted molar refractivity (Wildman–Crippen MR) is 56.8 cm³/mol. The van der Waals surface area contributed by atoms with E-state index in [2.05, 4.69) is 11.5 Å². The van der Waals surface area contributed by atoms with Crippen molar-refractivity contribution < 1.29 is 4.79 Å². The van der Waals surface area contributed by atoms with Crippen LogP contribution in [0.2, 0.25) is 0 Å². The van der Waals surface area contributed by atoms with Gasteiger partial charge in [-0.15, -0.1) is 0 Å². The van der Waals surface area contributed by atoms with E-state index < -0.39 is 0 Å². The molecule has 2 atom stereocenters. The van der Waals surface area contributed by atoms with Gasteiger partial charge in [-0.3, -0.25) is 4.79 Å². The van der Waals surface area contributed by atoms with Crippen molar-refractivity contribution in [2.75, 3.05) is 7.05 Å². The second-order valence-electron chi connectivity index (χ2n) is 4.41. The summed E-state index contributed by atoms with van der Waals surface area (Å²) in [6.45, 7) is 5.78. The van der Waals surface area contributed by atoms with Crippen LogP contribution in [-0.2, 0) is 4.79 Å². The summed E-state index contributed by atoms with van der Waals surface area (Å²) in [4.78, 5) is 13.6. The molecule has 0 bridgehead atoms. The molecule has 0 radical (unpaired) electrons. The van der Waals surface area contributed by atoms with Gasteiger partial charge >= 0.3 is 0 Å². The van der Waals surface area contributed by atoms with Crippen LogP contribution in [0.5, 0.6) is 0 Å². The molecule has 1 aliphatic carbocycles. The van der Waals surface area contributed by atoms with Crippen molar-refractivity contribution in [2.24, 2.45) is 5.92 Å². The minimum atomic E-state index is 0.221. The van der Waals surface area contributed by atoms with Gasteiger partial charge in [-0.2, -0.15) is 0 Å². The summed E-state index contributed by atoms with van der Waals surface area (Å²) >= 11 is 0. The molecule has 2 unspecified atom stereocenters. The zero-order valence-electron chi connectivity index (χ0n) is 8.92. The summed E-state index contributed by atoms with van der Waals surface area (Å²) in [5.41, 5.74) is 2.29. The number of hydrogen-bond donors (Lipinski definition) is 0. The lowest BCUT2D eigenvalue weighted by Crippen LogP contribution is -2.34. The monoisotopic (exact) mass is 191 g/mol. The smallest absolute Gasteiger partial charge is 0.157 e. The molecule has 0 N–H and O–H groups in total. The first-order valence-corrected chi connectivity index (χ1v) is 5.23. The number of likely N-dealkylation sites (N-methyl/N-ethyl adjacent to an activating group) is 1. The van der Waals surface area contributed by atoms with Crippen LogP contribution < -0.4 is 0 Å². The molecular weight excluding hydrogens is 174 g/mol. The third-order valence-electron chi connectivity index (χ3n) is 3.40. The average Bonchev–Trinajstić information content (AvgIpc) is 2.45. The highest BCUT2D eigenvalue weighted by Crippen LogP contribution is 2.40. The third kappa shape index (κ3) is 1.29. The number of carbonyl (C=O) groups is 1. The highest BCUT2D eigenvalue weighted by Gasteiger charge is 2.38. The number of Topliss-reactive ketones (excluding diaryl/α,β-unsaturated/α-hetero) is 1. The molecule has 1 aliphatic heterocycles. The fourth-order valence-electron chi connectivity index (χ4n) is 2.78. The van der Waals surface area contributed by atoms with E-state index in [9.17, 15) is 4.79 Å². The van der Waals surface area contributed by atoms with Crippen LogP contribution in [0, 0.1) is 5.92 Å². The molecule has 1 fully saturated rings. The molecule has 1 saturated carbocycles. The van der Waals surface area contributed by atoms with Gasteiger partial charge in [0.25, 0.3) is 0 Å². The fraction of sp³-hybridized carbons (Fsp3) is 0.583. The van der Waals surface area contributed by atoms with Crippen molar-refractivity contribution in [2.45, 2.75) is 32.2 Å². The topological polar surface area (TPSA) is 20.3 Å². The summed E-state index contributed by atoms with van der Waals surface area (Å²) in [6.07, 6.45) is 5.44. The Kier molecular flexibility index (Phi) is 2.22. The minimum absolute atomic E-state index is 0.221. The summed E-state index contributed by atoms with van der Waals surface area (Å²) < 4.78 is 0. The molecule has 2 aliphatic rings. The van der Waals surface area contributed by atoms with Gasteiger partial charge in [0.1, 0.15) is 0 Å². The first kappa shape index (κ1) is 9.50. The lowest BCUT2D eigenvalue weighted by molar-refractivity contribution is -0.114. The second kappa shape index (κ2) is 3.26. The molecule has 0 aromatic heterocycles. The predicted octanol–water partition coefficient (Wildman–Crippen LogP) is 2.13. The van der Waals surface area contributed by atoms with E-state index >= 15 is 0 Å². The van der Waals surface area contributed by atoms with Crippen LogP contribution in [0.1, 0.15) is 26.2 Å².